The van der Waals surface area contributed by atoms with Crippen molar-refractivity contribution in [3.8, 4) is 5.88 Å². The number of rotatable bonds is 6. The summed E-state index contributed by atoms with van der Waals surface area (Å²) in [6.45, 7) is 1.86. The summed E-state index contributed by atoms with van der Waals surface area (Å²) in [5.74, 6) is -3.96. The van der Waals surface area contributed by atoms with Gasteiger partial charge in [-0.2, -0.15) is 4.98 Å². The van der Waals surface area contributed by atoms with Gasteiger partial charge in [0.25, 0.3) is 5.92 Å². The van der Waals surface area contributed by atoms with Crippen LogP contribution in [0.5, 0.6) is 5.88 Å². The van der Waals surface area contributed by atoms with Gasteiger partial charge in [-0.25, -0.2) is 27.9 Å². The molecule has 0 unspecified atom stereocenters. The molecule has 1 aromatic carbocycles. The van der Waals surface area contributed by atoms with Crippen molar-refractivity contribution in [1.29, 1.82) is 0 Å². The van der Waals surface area contributed by atoms with Crippen LogP contribution in [0.1, 0.15) is 41.9 Å². The van der Waals surface area contributed by atoms with Crippen LogP contribution in [0.4, 0.5) is 24.8 Å². The standard InChI is InChI=1S/C24H22ClF3N6O3/c1-12(29-16-3-4-17(25)30-20(16)22(35)36)14-9-13(26)10-15-19(14)32-23(33-7-5-24(27,28)6-8-33)34-11-18(37-2)31-21(15)34/h3-4,9-12,29H,5-8H2,1-2H3,(H,35,36)/t12-/m1/s1. The predicted octanol–water partition coefficient (Wildman–Crippen LogP) is 5.19. The van der Waals surface area contributed by atoms with E-state index in [1.165, 1.54) is 31.4 Å². The zero-order valence-electron chi connectivity index (χ0n) is 19.8. The Hall–Kier alpha value is -3.80. The van der Waals surface area contributed by atoms with Gasteiger partial charge in [-0.05, 0) is 31.2 Å². The zero-order chi connectivity index (χ0) is 26.5. The van der Waals surface area contributed by atoms with Gasteiger partial charge in [0.15, 0.2) is 11.3 Å². The molecule has 4 aromatic rings. The van der Waals surface area contributed by atoms with Crippen LogP contribution in [0.3, 0.4) is 0 Å². The van der Waals surface area contributed by atoms with Crippen molar-refractivity contribution in [2.45, 2.75) is 31.7 Å². The first-order chi connectivity index (χ1) is 17.6. The second-order valence-electron chi connectivity index (χ2n) is 8.82. The third-order valence-corrected chi connectivity index (χ3v) is 6.56. The van der Waals surface area contributed by atoms with E-state index >= 15 is 0 Å². The van der Waals surface area contributed by atoms with Crippen molar-refractivity contribution in [3.63, 3.8) is 0 Å². The molecule has 194 valence electrons. The summed E-state index contributed by atoms with van der Waals surface area (Å²) in [5.41, 5.74) is 1.04. The molecule has 0 aliphatic carbocycles. The van der Waals surface area contributed by atoms with E-state index in [2.05, 4.69) is 15.3 Å². The summed E-state index contributed by atoms with van der Waals surface area (Å²) in [6.07, 6.45) is 0.931. The molecule has 0 bridgehead atoms. The Morgan fingerprint density at radius 2 is 1.95 bits per heavy atom. The van der Waals surface area contributed by atoms with Crippen LogP contribution in [0, 0.1) is 5.82 Å². The summed E-state index contributed by atoms with van der Waals surface area (Å²) in [6, 6.07) is 4.86. The van der Waals surface area contributed by atoms with Crippen molar-refractivity contribution in [3.05, 3.63) is 52.7 Å². The fourth-order valence-corrected chi connectivity index (χ4v) is 4.63. The monoisotopic (exact) mass is 534 g/mol. The SMILES string of the molecule is COc1cn2c(N3CCC(F)(F)CC3)nc3c([C@@H](C)Nc4ccc(Cl)nc4C(=O)O)cc(F)cc3c2n1. The van der Waals surface area contributed by atoms with E-state index in [1.54, 1.807) is 22.4 Å². The number of fused-ring (bicyclic) bond motifs is 3. The highest BCUT2D eigenvalue weighted by atomic mass is 35.5. The number of aromatic carboxylic acids is 1. The van der Waals surface area contributed by atoms with E-state index < -0.39 is 23.8 Å². The molecule has 1 atom stereocenters. The number of methoxy groups -OCH3 is 1. The minimum absolute atomic E-state index is 0.0147. The average Bonchev–Trinajstić information content (AvgIpc) is 3.29. The molecule has 0 saturated carbocycles. The third-order valence-electron chi connectivity index (χ3n) is 6.35. The lowest BCUT2D eigenvalue weighted by Crippen LogP contribution is -2.40. The summed E-state index contributed by atoms with van der Waals surface area (Å²) >= 11 is 5.86. The van der Waals surface area contributed by atoms with E-state index in [1.807, 2.05) is 0 Å². The van der Waals surface area contributed by atoms with Crippen LogP contribution in [-0.4, -0.2) is 56.6 Å². The van der Waals surface area contributed by atoms with Gasteiger partial charge < -0.3 is 20.1 Å². The lowest BCUT2D eigenvalue weighted by molar-refractivity contribution is -0.0222. The number of nitrogens with one attached hydrogen (secondary N) is 1. The smallest absolute Gasteiger partial charge is 0.356 e. The number of imidazole rings is 1. The van der Waals surface area contributed by atoms with Crippen molar-refractivity contribution in [1.82, 2.24) is 19.4 Å². The van der Waals surface area contributed by atoms with Crippen LogP contribution < -0.4 is 15.0 Å². The van der Waals surface area contributed by atoms with E-state index in [0.29, 0.717) is 28.1 Å². The second kappa shape index (κ2) is 9.25. The molecule has 37 heavy (non-hydrogen) atoms. The highest BCUT2D eigenvalue weighted by Crippen LogP contribution is 2.35. The Bertz CT molecular complexity index is 1520. The Balaban J connectivity index is 1.66. The van der Waals surface area contributed by atoms with Crippen LogP contribution in [0.2, 0.25) is 5.15 Å². The van der Waals surface area contributed by atoms with Gasteiger partial charge in [-0.15, -0.1) is 0 Å². The zero-order valence-corrected chi connectivity index (χ0v) is 20.6. The quantitative estimate of drug-likeness (QED) is 0.326. The van der Waals surface area contributed by atoms with Crippen LogP contribution in [0.25, 0.3) is 16.6 Å². The molecule has 9 nitrogen and oxygen atoms in total. The summed E-state index contributed by atoms with van der Waals surface area (Å²) in [4.78, 5) is 26.5. The molecule has 1 aliphatic heterocycles. The minimum atomic E-state index is -2.75. The topological polar surface area (TPSA) is 105 Å². The predicted molar refractivity (Wildman–Crippen MR) is 132 cm³/mol. The number of hydrogen-bond acceptors (Lipinski definition) is 7. The van der Waals surface area contributed by atoms with E-state index in [9.17, 15) is 23.1 Å². The summed E-state index contributed by atoms with van der Waals surface area (Å²) < 4.78 is 49.5. The number of carboxylic acid groups (broad SMARTS) is 1. The molecule has 0 radical (unpaired) electrons. The number of nitrogens with zero attached hydrogens (tertiary/aromatic N) is 5. The van der Waals surface area contributed by atoms with Crippen molar-refractivity contribution >= 4 is 45.8 Å². The maximum atomic E-state index is 14.9. The Labute approximate surface area is 213 Å². The van der Waals surface area contributed by atoms with E-state index in [-0.39, 0.29) is 48.3 Å². The van der Waals surface area contributed by atoms with Gasteiger partial charge in [0.05, 0.1) is 30.6 Å². The molecule has 1 fully saturated rings. The molecule has 4 heterocycles. The number of halogens is 4. The van der Waals surface area contributed by atoms with Crippen molar-refractivity contribution in [2.24, 2.45) is 0 Å². The number of benzene rings is 1. The molecule has 3 aromatic heterocycles. The number of ether oxygens (including phenoxy) is 1. The van der Waals surface area contributed by atoms with Crippen molar-refractivity contribution < 1.29 is 27.8 Å². The number of pyridine rings is 1. The van der Waals surface area contributed by atoms with Crippen molar-refractivity contribution in [2.75, 3.05) is 30.4 Å². The number of carbonyl (C=O) groups is 1. The number of piperidine rings is 1. The molecule has 13 heteroatoms. The Kier molecular flexibility index (Phi) is 6.22. The lowest BCUT2D eigenvalue weighted by atomic mass is 10.0. The number of carboxylic acids is 1. The molecule has 0 spiro atoms. The summed E-state index contributed by atoms with van der Waals surface area (Å²) in [7, 11) is 1.44. The minimum Gasteiger partial charge on any atom is -0.480 e. The van der Waals surface area contributed by atoms with Gasteiger partial charge >= 0.3 is 5.97 Å². The maximum Gasteiger partial charge on any atom is 0.356 e. The van der Waals surface area contributed by atoms with Crippen LogP contribution in [-0.2, 0) is 0 Å². The normalized spacial score (nSPS) is 16.2. The van der Waals surface area contributed by atoms with E-state index in [4.69, 9.17) is 21.3 Å². The number of aromatic nitrogens is 4. The lowest BCUT2D eigenvalue weighted by Gasteiger charge is -2.33. The molecule has 5 rings (SSSR count). The molecule has 2 N–H and O–H groups in total. The number of hydrogen-bond donors (Lipinski definition) is 2. The van der Waals surface area contributed by atoms with E-state index in [0.717, 1.165) is 0 Å². The first kappa shape index (κ1) is 24.9. The Morgan fingerprint density at radius 1 is 1.22 bits per heavy atom. The van der Waals surface area contributed by atoms with Gasteiger partial charge in [-0.1, -0.05) is 11.6 Å². The molecular weight excluding hydrogens is 513 g/mol. The van der Waals surface area contributed by atoms with Gasteiger partial charge in [0, 0.05) is 36.9 Å². The molecule has 1 saturated heterocycles. The number of alkyl halides is 2. The van der Waals surface area contributed by atoms with Gasteiger partial charge in [-0.3, -0.25) is 4.40 Å². The van der Waals surface area contributed by atoms with Crippen LogP contribution >= 0.6 is 11.6 Å². The first-order valence-electron chi connectivity index (χ1n) is 11.4. The summed E-state index contributed by atoms with van der Waals surface area (Å²) in [5, 5.41) is 13.0. The average molecular weight is 535 g/mol. The largest absolute Gasteiger partial charge is 0.480 e. The fourth-order valence-electron chi connectivity index (χ4n) is 4.48. The molecule has 0 amide bonds. The maximum absolute atomic E-state index is 14.9. The second-order valence-corrected chi connectivity index (χ2v) is 9.21. The highest BCUT2D eigenvalue weighted by molar-refractivity contribution is 6.29. The molecule has 1 aliphatic rings. The first-order valence-corrected chi connectivity index (χ1v) is 11.8. The van der Waals surface area contributed by atoms with Gasteiger partial charge in [0.1, 0.15) is 11.0 Å². The molecular formula is C24H22ClF3N6O3. The van der Waals surface area contributed by atoms with Crippen LogP contribution in [0.15, 0.2) is 30.5 Å². The highest BCUT2D eigenvalue weighted by Gasteiger charge is 2.35. The third kappa shape index (κ3) is 4.68. The number of anilines is 2. The van der Waals surface area contributed by atoms with Gasteiger partial charge in [0.2, 0.25) is 11.8 Å². The Morgan fingerprint density at radius 3 is 2.62 bits per heavy atom. The fraction of sp³-hybridized carbons (Fsp3) is 0.333.